The smallest absolute Gasteiger partial charge is 0.314 e. The topological polar surface area (TPSA) is 169 Å². The average Bonchev–Trinajstić information content (AvgIpc) is 2.85. The van der Waals surface area contributed by atoms with Gasteiger partial charge in [-0.15, -0.1) is 0 Å². The van der Waals surface area contributed by atoms with Gasteiger partial charge in [-0.25, -0.2) is 9.59 Å². The van der Waals surface area contributed by atoms with E-state index in [0.717, 1.165) is 0 Å². The summed E-state index contributed by atoms with van der Waals surface area (Å²) in [6, 6.07) is 17.2. The Bertz CT molecular complexity index is 1230. The predicted octanol–water partition coefficient (Wildman–Crippen LogP) is 5.09. The molecule has 0 aliphatic rings. The lowest BCUT2D eigenvalue weighted by atomic mass is 10.2. The number of hydrogen-bond acceptors (Lipinski definition) is 6. The molecule has 0 fully saturated rings. The number of nitrogens with zero attached hydrogens (tertiary/aromatic N) is 2. The second-order valence-electron chi connectivity index (χ2n) is 7.15. The van der Waals surface area contributed by atoms with Crippen molar-refractivity contribution < 1.29 is 19.4 Å². The lowest BCUT2D eigenvalue weighted by Gasteiger charge is -2.07. The Morgan fingerprint density at radius 3 is 1.39 bits per heavy atom. The van der Waals surface area contributed by atoms with Gasteiger partial charge < -0.3 is 21.3 Å². The third-order valence-corrected chi connectivity index (χ3v) is 4.54. The molecule has 3 rings (SSSR count). The molecule has 4 N–H and O–H groups in total. The summed E-state index contributed by atoms with van der Waals surface area (Å²) in [4.78, 5) is 44.7. The van der Waals surface area contributed by atoms with Crippen molar-refractivity contribution in [1.29, 1.82) is 0 Å². The highest BCUT2D eigenvalue weighted by atomic mass is 16.6. The Hall–Kier alpha value is -5.52. The van der Waals surface area contributed by atoms with Gasteiger partial charge in [0.15, 0.2) is 0 Å². The lowest BCUT2D eigenvalue weighted by Crippen LogP contribution is -2.24. The molecule has 4 amide bonds. The Morgan fingerprint density at radius 2 is 1.03 bits per heavy atom. The maximum atomic E-state index is 12.0. The number of benzene rings is 3. The minimum Gasteiger partial charge on any atom is -0.314 e. The Balaban J connectivity index is 1.45. The van der Waals surface area contributed by atoms with E-state index in [9.17, 15) is 29.8 Å². The van der Waals surface area contributed by atoms with Crippen molar-refractivity contribution in [1.82, 2.24) is 10.6 Å². The minimum absolute atomic E-state index is 0.0533. The number of rotatable bonds is 8. The van der Waals surface area contributed by atoms with Gasteiger partial charge in [-0.3, -0.25) is 20.2 Å². The molecule has 0 aliphatic heterocycles. The van der Waals surface area contributed by atoms with Crippen LogP contribution in [0.1, 0.15) is 11.1 Å². The first-order valence-electron chi connectivity index (χ1n) is 10.4. The first-order chi connectivity index (χ1) is 17.3. The first-order valence-corrected chi connectivity index (χ1v) is 10.4. The summed E-state index contributed by atoms with van der Waals surface area (Å²) >= 11 is 0. The molecule has 12 nitrogen and oxygen atoms in total. The van der Waals surface area contributed by atoms with Gasteiger partial charge in [0.2, 0.25) is 0 Å². The summed E-state index contributed by atoms with van der Waals surface area (Å²) < 4.78 is 0. The average molecular weight is 488 g/mol. The highest BCUT2D eigenvalue weighted by Gasteiger charge is 2.06. The van der Waals surface area contributed by atoms with Crippen molar-refractivity contribution in [2.45, 2.75) is 0 Å². The molecular formula is C24H20N6O6. The number of urea groups is 2. The number of carbonyl (C=O) groups excluding carboxylic acids is 2. The number of carbonyl (C=O) groups is 2. The maximum absolute atomic E-state index is 12.0. The molecule has 36 heavy (non-hydrogen) atoms. The molecule has 0 bridgehead atoms. The minimum atomic E-state index is -0.526. The molecular weight excluding hydrogens is 468 g/mol. The number of hydrogen-bond donors (Lipinski definition) is 4. The van der Waals surface area contributed by atoms with E-state index in [2.05, 4.69) is 21.3 Å². The van der Waals surface area contributed by atoms with Crippen LogP contribution in [-0.2, 0) is 0 Å². The van der Waals surface area contributed by atoms with Crippen LogP contribution in [-0.4, -0.2) is 21.9 Å². The van der Waals surface area contributed by atoms with Gasteiger partial charge in [-0.05, 0) is 47.5 Å². The fourth-order valence-corrected chi connectivity index (χ4v) is 2.88. The van der Waals surface area contributed by atoms with Crippen LogP contribution in [0.5, 0.6) is 0 Å². The van der Waals surface area contributed by atoms with E-state index in [1.807, 2.05) is 0 Å². The molecule has 0 unspecified atom stereocenters. The number of amides is 4. The van der Waals surface area contributed by atoms with Crippen LogP contribution in [0, 0.1) is 20.2 Å². The van der Waals surface area contributed by atoms with Crippen LogP contribution in [0.2, 0.25) is 0 Å². The van der Waals surface area contributed by atoms with E-state index in [0.29, 0.717) is 22.5 Å². The molecule has 3 aromatic rings. The van der Waals surface area contributed by atoms with E-state index in [1.165, 1.54) is 48.8 Å². The van der Waals surface area contributed by atoms with Gasteiger partial charge in [0, 0.05) is 48.0 Å². The highest BCUT2D eigenvalue weighted by molar-refractivity contribution is 5.92. The zero-order chi connectivity index (χ0) is 25.9. The molecule has 0 heterocycles. The molecule has 0 spiro atoms. The molecule has 0 radical (unpaired) electrons. The van der Waals surface area contributed by atoms with Crippen molar-refractivity contribution in [3.8, 4) is 0 Å². The van der Waals surface area contributed by atoms with Crippen LogP contribution < -0.4 is 21.3 Å². The van der Waals surface area contributed by atoms with E-state index < -0.39 is 21.9 Å². The first kappa shape index (κ1) is 25.1. The molecule has 0 atom stereocenters. The molecule has 182 valence electrons. The third-order valence-electron chi connectivity index (χ3n) is 4.54. The normalized spacial score (nSPS) is 10.7. The summed E-state index contributed by atoms with van der Waals surface area (Å²) in [5.41, 5.74) is 1.93. The van der Waals surface area contributed by atoms with Crippen LogP contribution in [0.25, 0.3) is 12.2 Å². The Morgan fingerprint density at radius 1 is 0.639 bits per heavy atom. The van der Waals surface area contributed by atoms with Crippen molar-refractivity contribution >= 4 is 47.0 Å². The third kappa shape index (κ3) is 7.81. The van der Waals surface area contributed by atoms with Crippen LogP contribution in [0.15, 0.2) is 85.2 Å². The van der Waals surface area contributed by atoms with Gasteiger partial charge >= 0.3 is 12.1 Å². The number of non-ortho nitro benzene ring substituents is 2. The number of anilines is 2. The largest absolute Gasteiger partial charge is 0.323 e. The molecule has 3 aromatic carbocycles. The number of nitro groups is 2. The zero-order valence-corrected chi connectivity index (χ0v) is 18.6. The Kier molecular flexibility index (Phi) is 8.43. The zero-order valence-electron chi connectivity index (χ0n) is 18.6. The fraction of sp³-hybridized carbons (Fsp3) is 0. The Labute approximate surface area is 204 Å². The standard InChI is InChI=1S/C24H20N6O6/c31-23(25-13-11-17-3-1-5-21(15-17)29(33)34)27-19-7-9-20(10-8-19)28-24(32)26-14-12-18-4-2-6-22(16-18)30(35)36/h1-16H,(H2,25,27,31)(H2,26,28,32)/b13-11+,14-12+. The quantitative estimate of drug-likeness (QED) is 0.254. The lowest BCUT2D eigenvalue weighted by molar-refractivity contribution is -0.385. The summed E-state index contributed by atoms with van der Waals surface area (Å²) in [5.74, 6) is 0. The predicted molar refractivity (Wildman–Crippen MR) is 135 cm³/mol. The summed E-state index contributed by atoms with van der Waals surface area (Å²) in [6.45, 7) is 0. The fourth-order valence-electron chi connectivity index (χ4n) is 2.88. The highest BCUT2D eigenvalue weighted by Crippen LogP contribution is 2.16. The van der Waals surface area contributed by atoms with Crippen molar-refractivity contribution in [2.24, 2.45) is 0 Å². The number of nitrogens with one attached hydrogen (secondary N) is 4. The van der Waals surface area contributed by atoms with Gasteiger partial charge in [0.25, 0.3) is 11.4 Å². The van der Waals surface area contributed by atoms with Crippen molar-refractivity contribution in [3.05, 3.63) is 117 Å². The van der Waals surface area contributed by atoms with E-state index in [1.54, 1.807) is 48.5 Å². The molecule has 12 heteroatoms. The van der Waals surface area contributed by atoms with E-state index in [4.69, 9.17) is 0 Å². The van der Waals surface area contributed by atoms with Crippen molar-refractivity contribution in [3.63, 3.8) is 0 Å². The molecule has 0 aliphatic carbocycles. The van der Waals surface area contributed by atoms with E-state index in [-0.39, 0.29) is 11.4 Å². The second-order valence-corrected chi connectivity index (χ2v) is 7.15. The second kappa shape index (κ2) is 12.1. The van der Waals surface area contributed by atoms with E-state index >= 15 is 0 Å². The van der Waals surface area contributed by atoms with Gasteiger partial charge in [0.05, 0.1) is 9.85 Å². The number of nitro benzene ring substituents is 2. The van der Waals surface area contributed by atoms with Crippen LogP contribution in [0.3, 0.4) is 0 Å². The molecule has 0 saturated carbocycles. The molecule has 0 aromatic heterocycles. The van der Waals surface area contributed by atoms with Crippen LogP contribution >= 0.6 is 0 Å². The molecule has 0 saturated heterocycles. The van der Waals surface area contributed by atoms with Gasteiger partial charge in [0.1, 0.15) is 0 Å². The van der Waals surface area contributed by atoms with Gasteiger partial charge in [-0.2, -0.15) is 0 Å². The maximum Gasteiger partial charge on any atom is 0.323 e. The van der Waals surface area contributed by atoms with Crippen LogP contribution in [0.4, 0.5) is 32.3 Å². The SMILES string of the molecule is O=C(N/C=C/c1cccc([N+](=O)[O-])c1)Nc1ccc(NC(=O)N/C=C/c2cccc([N+](=O)[O-])c2)cc1. The monoisotopic (exact) mass is 488 g/mol. The summed E-state index contributed by atoms with van der Waals surface area (Å²) in [6.07, 6.45) is 5.75. The van der Waals surface area contributed by atoms with Gasteiger partial charge in [-0.1, -0.05) is 24.3 Å². The summed E-state index contributed by atoms with van der Waals surface area (Å²) in [7, 11) is 0. The summed E-state index contributed by atoms with van der Waals surface area (Å²) in [5, 5.41) is 31.8. The van der Waals surface area contributed by atoms with Crippen molar-refractivity contribution in [2.75, 3.05) is 10.6 Å².